The van der Waals surface area contributed by atoms with Gasteiger partial charge in [-0.15, -0.1) is 0 Å². The van der Waals surface area contributed by atoms with Crippen LogP contribution < -0.4 is 25.8 Å². The Bertz CT molecular complexity index is 1010. The van der Waals surface area contributed by atoms with Crippen molar-refractivity contribution in [3.05, 3.63) is 83.4 Å². The number of anilines is 1. The number of benzene rings is 3. The van der Waals surface area contributed by atoms with E-state index in [1.807, 2.05) is 48.5 Å². The molecule has 33 heavy (non-hydrogen) atoms. The number of carbonyl (C=O) groups excluding carboxylic acids is 1. The monoisotopic (exact) mass is 451 g/mol. The molecule has 1 unspecified atom stereocenters. The fourth-order valence-electron chi connectivity index (χ4n) is 3.58. The standard InChI is InChI=1S/C25H29N3O5/c1-32-19-8-3-16(4-9-19)21(17-5-10-20(33-2)11-6-17)14-27-15-24(30)18-7-12-23(29)22(13-18)28-25(26)31/h3-13,21,24,27,29-30H,14-15H2,1-2H3,(H3,26,28,31). The predicted octanol–water partition coefficient (Wildman–Crippen LogP) is 3.36. The summed E-state index contributed by atoms with van der Waals surface area (Å²) >= 11 is 0. The molecule has 8 nitrogen and oxygen atoms in total. The maximum absolute atomic E-state index is 11.1. The number of hydrogen-bond acceptors (Lipinski definition) is 6. The number of carbonyl (C=O) groups is 1. The summed E-state index contributed by atoms with van der Waals surface area (Å²) in [5.41, 5.74) is 8.01. The lowest BCUT2D eigenvalue weighted by molar-refractivity contribution is 0.174. The molecule has 3 aromatic carbocycles. The predicted molar refractivity (Wildman–Crippen MR) is 127 cm³/mol. The topological polar surface area (TPSA) is 126 Å². The molecule has 3 rings (SSSR count). The zero-order valence-corrected chi connectivity index (χ0v) is 18.6. The van der Waals surface area contributed by atoms with Gasteiger partial charge in [-0.3, -0.25) is 0 Å². The van der Waals surface area contributed by atoms with Gasteiger partial charge in [-0.2, -0.15) is 0 Å². The summed E-state index contributed by atoms with van der Waals surface area (Å²) in [7, 11) is 3.26. The van der Waals surface area contributed by atoms with Gasteiger partial charge in [0.25, 0.3) is 0 Å². The molecule has 0 aromatic heterocycles. The Morgan fingerprint density at radius 1 is 0.879 bits per heavy atom. The molecular formula is C25H29N3O5. The van der Waals surface area contributed by atoms with Gasteiger partial charge in [0.2, 0.25) is 0 Å². The smallest absolute Gasteiger partial charge is 0.316 e. The minimum absolute atomic E-state index is 0.0286. The van der Waals surface area contributed by atoms with Crippen molar-refractivity contribution in [1.82, 2.24) is 5.32 Å². The van der Waals surface area contributed by atoms with Crippen molar-refractivity contribution < 1.29 is 24.5 Å². The zero-order valence-electron chi connectivity index (χ0n) is 18.6. The normalized spacial score (nSPS) is 11.8. The summed E-state index contributed by atoms with van der Waals surface area (Å²) < 4.78 is 10.5. The summed E-state index contributed by atoms with van der Waals surface area (Å²) in [5.74, 6) is 1.46. The molecular weight excluding hydrogens is 422 g/mol. The number of ether oxygens (including phenoxy) is 2. The minimum Gasteiger partial charge on any atom is -0.506 e. The van der Waals surface area contributed by atoms with Crippen LogP contribution >= 0.6 is 0 Å². The number of nitrogens with two attached hydrogens (primary N) is 1. The molecule has 0 saturated heterocycles. The number of methoxy groups -OCH3 is 2. The lowest BCUT2D eigenvalue weighted by Gasteiger charge is -2.21. The van der Waals surface area contributed by atoms with Crippen LogP contribution in [0.15, 0.2) is 66.7 Å². The number of primary amides is 1. The van der Waals surface area contributed by atoms with Gasteiger partial charge in [-0.25, -0.2) is 4.79 Å². The van der Waals surface area contributed by atoms with E-state index in [1.165, 1.54) is 12.1 Å². The number of phenolic OH excluding ortho intramolecular Hbond substituents is 1. The lowest BCUT2D eigenvalue weighted by Crippen LogP contribution is -2.27. The van der Waals surface area contributed by atoms with Gasteiger partial charge in [-0.05, 0) is 53.1 Å². The van der Waals surface area contributed by atoms with Crippen molar-refractivity contribution in [2.45, 2.75) is 12.0 Å². The Morgan fingerprint density at radius 3 is 1.88 bits per heavy atom. The molecule has 0 radical (unpaired) electrons. The second-order valence-electron chi connectivity index (χ2n) is 7.54. The van der Waals surface area contributed by atoms with E-state index in [0.717, 1.165) is 22.6 Å². The van der Waals surface area contributed by atoms with Crippen LogP contribution in [0, 0.1) is 0 Å². The summed E-state index contributed by atoms with van der Waals surface area (Å²) in [6.07, 6.45) is -0.855. The quantitative estimate of drug-likeness (QED) is 0.301. The lowest BCUT2D eigenvalue weighted by atomic mass is 9.91. The fourth-order valence-corrected chi connectivity index (χ4v) is 3.58. The third-order valence-electron chi connectivity index (χ3n) is 5.39. The first-order valence-corrected chi connectivity index (χ1v) is 10.5. The number of urea groups is 1. The summed E-state index contributed by atoms with van der Waals surface area (Å²) in [6, 6.07) is 19.5. The largest absolute Gasteiger partial charge is 0.506 e. The number of amides is 2. The van der Waals surface area contributed by atoms with Crippen molar-refractivity contribution in [3.63, 3.8) is 0 Å². The summed E-state index contributed by atoms with van der Waals surface area (Å²) in [5, 5.41) is 26.2. The van der Waals surface area contributed by atoms with Crippen LogP contribution in [-0.4, -0.2) is 43.6 Å². The number of nitrogens with one attached hydrogen (secondary N) is 2. The van der Waals surface area contributed by atoms with Gasteiger partial charge < -0.3 is 36.1 Å². The minimum atomic E-state index is -0.855. The summed E-state index contributed by atoms with van der Waals surface area (Å²) in [6.45, 7) is 0.837. The number of aromatic hydroxyl groups is 1. The molecule has 0 aliphatic rings. The molecule has 0 aliphatic carbocycles. The van der Waals surface area contributed by atoms with Crippen LogP contribution in [-0.2, 0) is 0 Å². The zero-order chi connectivity index (χ0) is 23.8. The van der Waals surface area contributed by atoms with Crippen LogP contribution in [0.4, 0.5) is 10.5 Å². The average Bonchev–Trinajstić information content (AvgIpc) is 2.83. The first-order chi connectivity index (χ1) is 15.9. The average molecular weight is 452 g/mol. The molecule has 3 aromatic rings. The van der Waals surface area contributed by atoms with Gasteiger partial charge in [-0.1, -0.05) is 30.3 Å². The number of aliphatic hydroxyl groups is 1. The number of rotatable bonds is 10. The van der Waals surface area contributed by atoms with E-state index in [9.17, 15) is 15.0 Å². The van der Waals surface area contributed by atoms with Gasteiger partial charge in [0.1, 0.15) is 17.2 Å². The maximum Gasteiger partial charge on any atom is 0.316 e. The highest BCUT2D eigenvalue weighted by atomic mass is 16.5. The van der Waals surface area contributed by atoms with E-state index in [0.29, 0.717) is 12.1 Å². The van der Waals surface area contributed by atoms with Gasteiger partial charge >= 0.3 is 6.03 Å². The molecule has 0 saturated carbocycles. The molecule has 0 spiro atoms. The molecule has 1 atom stereocenters. The van der Waals surface area contributed by atoms with E-state index in [2.05, 4.69) is 10.6 Å². The Labute approximate surface area is 193 Å². The molecule has 0 aliphatic heterocycles. The van der Waals surface area contributed by atoms with E-state index in [4.69, 9.17) is 15.2 Å². The molecule has 0 bridgehead atoms. The van der Waals surface area contributed by atoms with Gasteiger partial charge in [0, 0.05) is 19.0 Å². The van der Waals surface area contributed by atoms with Crippen molar-refractivity contribution in [3.8, 4) is 17.2 Å². The molecule has 0 heterocycles. The van der Waals surface area contributed by atoms with Crippen LogP contribution in [0.3, 0.4) is 0 Å². The summed E-state index contributed by atoms with van der Waals surface area (Å²) in [4.78, 5) is 11.1. The highest BCUT2D eigenvalue weighted by Gasteiger charge is 2.17. The van der Waals surface area contributed by atoms with Crippen molar-refractivity contribution >= 4 is 11.7 Å². The van der Waals surface area contributed by atoms with E-state index < -0.39 is 12.1 Å². The van der Waals surface area contributed by atoms with Crippen LogP contribution in [0.2, 0.25) is 0 Å². The number of aliphatic hydroxyl groups excluding tert-OH is 1. The third-order valence-corrected chi connectivity index (χ3v) is 5.39. The number of hydrogen-bond donors (Lipinski definition) is 5. The van der Waals surface area contributed by atoms with Crippen LogP contribution in [0.5, 0.6) is 17.2 Å². The highest BCUT2D eigenvalue weighted by Crippen LogP contribution is 2.29. The SMILES string of the molecule is COc1ccc(C(CNCC(O)c2ccc(O)c(NC(N)=O)c2)c2ccc(OC)cc2)cc1. The van der Waals surface area contributed by atoms with E-state index in [-0.39, 0.29) is 23.9 Å². The Balaban J connectivity index is 1.73. The molecule has 0 fully saturated rings. The third kappa shape index (κ3) is 6.38. The molecule has 174 valence electrons. The first kappa shape index (κ1) is 23.9. The van der Waals surface area contributed by atoms with Crippen molar-refractivity contribution in [1.29, 1.82) is 0 Å². The van der Waals surface area contributed by atoms with E-state index in [1.54, 1.807) is 20.3 Å². The molecule has 8 heteroatoms. The Morgan fingerprint density at radius 2 is 1.39 bits per heavy atom. The molecule has 6 N–H and O–H groups in total. The van der Waals surface area contributed by atoms with Crippen LogP contribution in [0.25, 0.3) is 0 Å². The second-order valence-corrected chi connectivity index (χ2v) is 7.54. The van der Waals surface area contributed by atoms with Gasteiger partial charge in [0.15, 0.2) is 0 Å². The second kappa shape index (κ2) is 11.2. The fraction of sp³-hybridized carbons (Fsp3) is 0.240. The van der Waals surface area contributed by atoms with Crippen LogP contribution in [0.1, 0.15) is 28.7 Å². The van der Waals surface area contributed by atoms with Gasteiger partial charge in [0.05, 0.1) is 26.0 Å². The number of phenols is 1. The van der Waals surface area contributed by atoms with Crippen molar-refractivity contribution in [2.24, 2.45) is 5.73 Å². The maximum atomic E-state index is 11.1. The van der Waals surface area contributed by atoms with Crippen molar-refractivity contribution in [2.75, 3.05) is 32.6 Å². The first-order valence-electron chi connectivity index (χ1n) is 10.5. The highest BCUT2D eigenvalue weighted by molar-refractivity contribution is 5.89. The Kier molecular flexibility index (Phi) is 8.12. The molecule has 2 amide bonds. The van der Waals surface area contributed by atoms with E-state index >= 15 is 0 Å². The Hall–Kier alpha value is -3.75.